The van der Waals surface area contributed by atoms with Gasteiger partial charge < -0.3 is 16.0 Å². The van der Waals surface area contributed by atoms with Crippen molar-refractivity contribution in [1.29, 1.82) is 0 Å². The lowest BCUT2D eigenvalue weighted by Crippen LogP contribution is -2.30. The fraction of sp³-hybridized carbons (Fsp3) is 0.692. The Morgan fingerprint density at radius 1 is 1.44 bits per heavy atom. The molecule has 0 bridgehead atoms. The van der Waals surface area contributed by atoms with Crippen LogP contribution in [-0.2, 0) is 6.42 Å². The highest BCUT2D eigenvalue weighted by Crippen LogP contribution is 2.13. The van der Waals surface area contributed by atoms with Crippen LogP contribution in [0.4, 0.5) is 11.8 Å². The lowest BCUT2D eigenvalue weighted by atomic mass is 10.2. The molecule has 3 N–H and O–H groups in total. The second kappa shape index (κ2) is 7.16. The summed E-state index contributed by atoms with van der Waals surface area (Å²) in [6.07, 6.45) is 3.79. The smallest absolute Gasteiger partial charge is 0.221 e. The Labute approximate surface area is 110 Å². The van der Waals surface area contributed by atoms with Gasteiger partial charge >= 0.3 is 0 Å². The lowest BCUT2D eigenvalue weighted by molar-refractivity contribution is 0.263. The monoisotopic (exact) mass is 251 g/mol. The average Bonchev–Trinajstić information content (AvgIpc) is 2.38. The largest absolute Gasteiger partial charge is 0.370 e. The van der Waals surface area contributed by atoms with Gasteiger partial charge in [-0.25, -0.2) is 4.98 Å². The van der Waals surface area contributed by atoms with E-state index in [9.17, 15) is 0 Å². The number of hydrogen-bond acceptors (Lipinski definition) is 5. The van der Waals surface area contributed by atoms with Crippen molar-refractivity contribution in [2.45, 2.75) is 39.7 Å². The summed E-state index contributed by atoms with van der Waals surface area (Å²) < 4.78 is 0. The molecule has 0 amide bonds. The molecule has 1 unspecified atom stereocenters. The summed E-state index contributed by atoms with van der Waals surface area (Å²) in [4.78, 5) is 10.6. The molecule has 1 heterocycles. The van der Waals surface area contributed by atoms with Crippen LogP contribution in [0.2, 0.25) is 0 Å². The first-order chi connectivity index (χ1) is 8.58. The number of nitrogens with two attached hydrogens (primary N) is 1. The molecule has 1 rings (SSSR count). The molecule has 0 spiro atoms. The van der Waals surface area contributed by atoms with E-state index in [1.807, 2.05) is 0 Å². The van der Waals surface area contributed by atoms with Gasteiger partial charge in [0.15, 0.2) is 0 Å². The van der Waals surface area contributed by atoms with Crippen LogP contribution in [0.3, 0.4) is 0 Å². The molecule has 5 heteroatoms. The van der Waals surface area contributed by atoms with Crippen molar-refractivity contribution in [1.82, 2.24) is 14.9 Å². The molecule has 1 aromatic rings. The maximum Gasteiger partial charge on any atom is 0.221 e. The average molecular weight is 251 g/mol. The van der Waals surface area contributed by atoms with Crippen LogP contribution in [0.5, 0.6) is 0 Å². The van der Waals surface area contributed by atoms with E-state index in [-0.39, 0.29) is 0 Å². The molecule has 0 radical (unpaired) electrons. The third-order valence-corrected chi connectivity index (χ3v) is 3.37. The zero-order valence-corrected chi connectivity index (χ0v) is 11.9. The van der Waals surface area contributed by atoms with Crippen molar-refractivity contribution < 1.29 is 0 Å². The number of anilines is 2. The summed E-state index contributed by atoms with van der Waals surface area (Å²) in [5.74, 6) is 1.20. The van der Waals surface area contributed by atoms with Gasteiger partial charge in [-0.15, -0.1) is 0 Å². The van der Waals surface area contributed by atoms with Crippen molar-refractivity contribution >= 4 is 11.8 Å². The molecule has 0 fully saturated rings. The second-order valence-electron chi connectivity index (χ2n) is 4.59. The Morgan fingerprint density at radius 2 is 2.17 bits per heavy atom. The first-order valence-corrected chi connectivity index (χ1v) is 6.63. The molecule has 0 aliphatic rings. The van der Waals surface area contributed by atoms with Gasteiger partial charge in [0.2, 0.25) is 5.95 Å². The third kappa shape index (κ3) is 4.14. The molecule has 102 valence electrons. The lowest BCUT2D eigenvalue weighted by Gasteiger charge is -2.23. The van der Waals surface area contributed by atoms with Crippen molar-refractivity contribution in [2.24, 2.45) is 0 Å². The van der Waals surface area contributed by atoms with Crippen molar-refractivity contribution in [3.63, 3.8) is 0 Å². The number of nitrogen functional groups attached to an aromatic ring is 1. The Hall–Kier alpha value is -1.36. The predicted molar refractivity (Wildman–Crippen MR) is 76.7 cm³/mol. The highest BCUT2D eigenvalue weighted by atomic mass is 15.1. The molecule has 18 heavy (non-hydrogen) atoms. The Morgan fingerprint density at radius 3 is 2.78 bits per heavy atom. The first-order valence-electron chi connectivity index (χ1n) is 6.63. The minimum absolute atomic E-state index is 0.327. The minimum atomic E-state index is 0.327. The van der Waals surface area contributed by atoms with Crippen LogP contribution in [-0.4, -0.2) is 41.0 Å². The van der Waals surface area contributed by atoms with E-state index in [0.29, 0.717) is 12.0 Å². The number of rotatable bonds is 7. The standard InChI is InChI=1S/C13H25N5/c1-5-11-9-16-13(14)17-12(11)15-8-7-10(3)18(4)6-2/h9-10H,5-8H2,1-4H3,(H3,14,15,16,17). The van der Waals surface area contributed by atoms with Gasteiger partial charge in [0.25, 0.3) is 0 Å². The van der Waals surface area contributed by atoms with Gasteiger partial charge in [-0.05, 0) is 33.4 Å². The Balaban J connectivity index is 2.50. The molecule has 1 aromatic heterocycles. The van der Waals surface area contributed by atoms with E-state index in [1.54, 1.807) is 6.20 Å². The van der Waals surface area contributed by atoms with Crippen LogP contribution < -0.4 is 11.1 Å². The summed E-state index contributed by atoms with van der Waals surface area (Å²) in [5.41, 5.74) is 6.72. The van der Waals surface area contributed by atoms with Crippen LogP contribution in [0, 0.1) is 0 Å². The third-order valence-electron chi connectivity index (χ3n) is 3.37. The van der Waals surface area contributed by atoms with Crippen LogP contribution in [0.25, 0.3) is 0 Å². The SMILES string of the molecule is CCc1cnc(N)nc1NCCC(C)N(C)CC. The number of aromatic nitrogens is 2. The van der Waals surface area contributed by atoms with Crippen molar-refractivity contribution in [3.05, 3.63) is 11.8 Å². The second-order valence-corrected chi connectivity index (χ2v) is 4.59. The van der Waals surface area contributed by atoms with Crippen molar-refractivity contribution in [2.75, 3.05) is 31.2 Å². The predicted octanol–water partition coefficient (Wildman–Crippen LogP) is 1.76. The summed E-state index contributed by atoms with van der Waals surface area (Å²) in [5, 5.41) is 3.36. The van der Waals surface area contributed by atoms with E-state index < -0.39 is 0 Å². The molecule has 1 atom stereocenters. The molecule has 0 aromatic carbocycles. The fourth-order valence-electron chi connectivity index (χ4n) is 1.76. The number of hydrogen-bond donors (Lipinski definition) is 2. The summed E-state index contributed by atoms with van der Waals surface area (Å²) >= 11 is 0. The maximum atomic E-state index is 5.61. The zero-order chi connectivity index (χ0) is 13.5. The minimum Gasteiger partial charge on any atom is -0.370 e. The zero-order valence-electron chi connectivity index (χ0n) is 11.9. The number of aryl methyl sites for hydroxylation is 1. The van der Waals surface area contributed by atoms with E-state index in [4.69, 9.17) is 5.73 Å². The topological polar surface area (TPSA) is 67.1 Å². The Kier molecular flexibility index (Phi) is 5.85. The summed E-state index contributed by atoms with van der Waals surface area (Å²) in [6, 6.07) is 0.562. The Bertz CT molecular complexity index is 366. The van der Waals surface area contributed by atoms with Crippen molar-refractivity contribution in [3.8, 4) is 0 Å². The van der Waals surface area contributed by atoms with Crippen LogP contribution >= 0.6 is 0 Å². The molecular formula is C13H25N5. The number of nitrogens with one attached hydrogen (secondary N) is 1. The quantitative estimate of drug-likeness (QED) is 0.773. The molecule has 5 nitrogen and oxygen atoms in total. The normalized spacial score (nSPS) is 12.7. The van der Waals surface area contributed by atoms with Crippen LogP contribution in [0.15, 0.2) is 6.20 Å². The van der Waals surface area contributed by atoms with E-state index >= 15 is 0 Å². The molecule has 0 saturated carbocycles. The van der Waals surface area contributed by atoms with Gasteiger partial charge in [0.1, 0.15) is 5.82 Å². The summed E-state index contributed by atoms with van der Waals surface area (Å²) in [6.45, 7) is 8.47. The molecule has 0 aliphatic carbocycles. The fourth-order valence-corrected chi connectivity index (χ4v) is 1.76. The van der Waals surface area contributed by atoms with E-state index in [1.165, 1.54) is 0 Å². The van der Waals surface area contributed by atoms with Gasteiger partial charge in [-0.2, -0.15) is 4.98 Å². The summed E-state index contributed by atoms with van der Waals surface area (Å²) in [7, 11) is 2.14. The molecule has 0 saturated heterocycles. The van der Waals surface area contributed by atoms with Gasteiger partial charge in [0.05, 0.1) is 0 Å². The highest BCUT2D eigenvalue weighted by molar-refractivity contribution is 5.45. The first kappa shape index (κ1) is 14.7. The van der Waals surface area contributed by atoms with Gasteiger partial charge in [-0.3, -0.25) is 0 Å². The molecular weight excluding hydrogens is 226 g/mol. The molecule has 0 aliphatic heterocycles. The van der Waals surface area contributed by atoms with Gasteiger partial charge in [0, 0.05) is 24.3 Å². The van der Waals surface area contributed by atoms with Crippen LogP contribution in [0.1, 0.15) is 32.8 Å². The van der Waals surface area contributed by atoms with Gasteiger partial charge in [-0.1, -0.05) is 13.8 Å². The van der Waals surface area contributed by atoms with E-state index in [0.717, 1.165) is 37.3 Å². The maximum absolute atomic E-state index is 5.61. The highest BCUT2D eigenvalue weighted by Gasteiger charge is 2.08. The van der Waals surface area contributed by atoms with E-state index in [2.05, 4.69) is 48.0 Å². The number of nitrogens with zero attached hydrogens (tertiary/aromatic N) is 3.